The second-order valence-corrected chi connectivity index (χ2v) is 8.43. The number of nitrogens with zero attached hydrogens (tertiary/aromatic N) is 1. The lowest BCUT2D eigenvalue weighted by molar-refractivity contribution is 0.102. The molecule has 1 unspecified atom stereocenters. The molecule has 4 heteroatoms. The van der Waals surface area contributed by atoms with Crippen LogP contribution in [0.4, 0.5) is 10.1 Å². The molecule has 3 nitrogen and oxygen atoms in total. The summed E-state index contributed by atoms with van der Waals surface area (Å²) in [5, 5.41) is 2.89. The first-order chi connectivity index (χ1) is 13.5. The summed E-state index contributed by atoms with van der Waals surface area (Å²) in [6.07, 6.45) is 6.43. The number of carbonyl (C=O) groups is 1. The maximum atomic E-state index is 13.5. The number of hydrogen-bond donors (Lipinski definition) is 1. The Bertz CT molecular complexity index is 848. The Kier molecular flexibility index (Phi) is 5.49. The van der Waals surface area contributed by atoms with Crippen LogP contribution >= 0.6 is 0 Å². The van der Waals surface area contributed by atoms with Gasteiger partial charge in [0.1, 0.15) is 5.82 Å². The predicted molar refractivity (Wildman–Crippen MR) is 111 cm³/mol. The maximum Gasteiger partial charge on any atom is 0.256 e. The van der Waals surface area contributed by atoms with Crippen molar-refractivity contribution in [2.75, 3.05) is 11.9 Å². The Morgan fingerprint density at radius 2 is 1.89 bits per heavy atom. The van der Waals surface area contributed by atoms with E-state index in [2.05, 4.69) is 29.3 Å². The zero-order valence-electron chi connectivity index (χ0n) is 16.7. The number of nitrogens with one attached hydrogen (secondary N) is 1. The summed E-state index contributed by atoms with van der Waals surface area (Å²) < 4.78 is 13.5. The van der Waals surface area contributed by atoms with Crippen molar-refractivity contribution >= 4 is 11.6 Å². The lowest BCUT2D eigenvalue weighted by Gasteiger charge is -2.28. The normalized spacial score (nSPS) is 25.2. The van der Waals surface area contributed by atoms with Gasteiger partial charge in [0.2, 0.25) is 0 Å². The number of amides is 1. The number of aryl methyl sites for hydroxylation is 1. The Balaban J connectivity index is 1.39. The van der Waals surface area contributed by atoms with E-state index in [4.69, 9.17) is 0 Å². The largest absolute Gasteiger partial charge is 0.322 e. The first kappa shape index (κ1) is 19.1. The highest BCUT2D eigenvalue weighted by atomic mass is 19.1. The first-order valence-corrected chi connectivity index (χ1v) is 10.4. The molecule has 1 aliphatic carbocycles. The zero-order chi connectivity index (χ0) is 19.7. The number of hydrogen-bond acceptors (Lipinski definition) is 2. The van der Waals surface area contributed by atoms with Gasteiger partial charge < -0.3 is 5.32 Å². The van der Waals surface area contributed by atoms with Crippen LogP contribution in [0.2, 0.25) is 0 Å². The van der Waals surface area contributed by atoms with Crippen LogP contribution < -0.4 is 5.32 Å². The number of anilines is 1. The summed E-state index contributed by atoms with van der Waals surface area (Å²) in [5.41, 5.74) is 3.25. The standard InChI is InChI=1S/C24H29FN2O/c1-16-5-9-20(25)15-23(16)24(28)26-21-10-6-18(7-11-21)19-8-12-22(14-19)27-13-3-4-17(27)2/h5-7,9-11,15,17,19,22H,3-4,8,12-14H2,1-2H3,(H,26,28)/t17-,19-,22?/m0/s1. The van der Waals surface area contributed by atoms with Crippen molar-refractivity contribution in [2.45, 2.75) is 64.0 Å². The minimum absolute atomic E-state index is 0.270. The molecular formula is C24H29FN2O. The predicted octanol–water partition coefficient (Wildman–Crippen LogP) is 5.51. The minimum Gasteiger partial charge on any atom is -0.322 e. The summed E-state index contributed by atoms with van der Waals surface area (Å²) in [4.78, 5) is 15.2. The smallest absolute Gasteiger partial charge is 0.256 e. The molecule has 1 heterocycles. The van der Waals surface area contributed by atoms with E-state index in [0.29, 0.717) is 11.5 Å². The van der Waals surface area contributed by atoms with E-state index in [9.17, 15) is 9.18 Å². The van der Waals surface area contributed by atoms with E-state index in [1.807, 2.05) is 19.1 Å². The zero-order valence-corrected chi connectivity index (χ0v) is 16.7. The third kappa shape index (κ3) is 3.97. The summed E-state index contributed by atoms with van der Waals surface area (Å²) in [6, 6.07) is 13.9. The highest BCUT2D eigenvalue weighted by Gasteiger charge is 2.34. The molecule has 28 heavy (non-hydrogen) atoms. The molecule has 2 aromatic carbocycles. The van der Waals surface area contributed by atoms with Crippen LogP contribution in [0.15, 0.2) is 42.5 Å². The summed E-state index contributed by atoms with van der Waals surface area (Å²) in [6.45, 7) is 5.43. The second-order valence-electron chi connectivity index (χ2n) is 8.43. The molecule has 2 fully saturated rings. The van der Waals surface area contributed by atoms with Gasteiger partial charge in [-0.05, 0) is 93.8 Å². The van der Waals surface area contributed by atoms with E-state index in [1.165, 1.54) is 56.3 Å². The number of likely N-dealkylation sites (tertiary alicyclic amines) is 1. The van der Waals surface area contributed by atoms with Crippen molar-refractivity contribution in [3.05, 3.63) is 65.0 Å². The first-order valence-electron chi connectivity index (χ1n) is 10.4. The van der Waals surface area contributed by atoms with Crippen LogP contribution in [0.3, 0.4) is 0 Å². The average Bonchev–Trinajstić information content (AvgIpc) is 3.33. The quantitative estimate of drug-likeness (QED) is 0.759. The Hall–Kier alpha value is -2.20. The summed E-state index contributed by atoms with van der Waals surface area (Å²) >= 11 is 0. The van der Waals surface area contributed by atoms with Crippen LogP contribution in [0.25, 0.3) is 0 Å². The Labute approximate surface area is 166 Å². The monoisotopic (exact) mass is 380 g/mol. The van der Waals surface area contributed by atoms with Crippen molar-refractivity contribution in [2.24, 2.45) is 0 Å². The van der Waals surface area contributed by atoms with Gasteiger partial charge in [0.05, 0.1) is 0 Å². The van der Waals surface area contributed by atoms with Gasteiger partial charge in [-0.25, -0.2) is 4.39 Å². The number of benzene rings is 2. The number of rotatable bonds is 4. The molecule has 0 aromatic heterocycles. The molecule has 1 amide bonds. The molecule has 0 bridgehead atoms. The molecule has 1 saturated heterocycles. The van der Waals surface area contributed by atoms with Crippen molar-refractivity contribution in [1.82, 2.24) is 4.90 Å². The van der Waals surface area contributed by atoms with Crippen molar-refractivity contribution in [1.29, 1.82) is 0 Å². The van der Waals surface area contributed by atoms with Gasteiger partial charge >= 0.3 is 0 Å². The fourth-order valence-electron chi connectivity index (χ4n) is 4.94. The molecule has 0 radical (unpaired) electrons. The van der Waals surface area contributed by atoms with Gasteiger partial charge in [0, 0.05) is 23.3 Å². The SMILES string of the molecule is Cc1ccc(F)cc1C(=O)Nc1ccc([C@H]2CCC(N3CCC[C@@H]3C)C2)cc1. The average molecular weight is 381 g/mol. The molecule has 1 aliphatic heterocycles. The van der Waals surface area contributed by atoms with E-state index in [0.717, 1.165) is 23.3 Å². The van der Waals surface area contributed by atoms with E-state index < -0.39 is 5.82 Å². The topological polar surface area (TPSA) is 32.3 Å². The van der Waals surface area contributed by atoms with E-state index >= 15 is 0 Å². The lowest BCUT2D eigenvalue weighted by atomic mass is 9.97. The van der Waals surface area contributed by atoms with Crippen LogP contribution in [-0.2, 0) is 0 Å². The second kappa shape index (κ2) is 8.04. The molecule has 4 rings (SSSR count). The molecule has 3 atom stereocenters. The fourth-order valence-corrected chi connectivity index (χ4v) is 4.94. The third-order valence-corrected chi connectivity index (χ3v) is 6.56. The Morgan fingerprint density at radius 3 is 2.61 bits per heavy atom. The summed E-state index contributed by atoms with van der Waals surface area (Å²) in [7, 11) is 0. The van der Waals surface area contributed by atoms with Crippen LogP contribution in [0.1, 0.15) is 66.4 Å². The molecule has 148 valence electrons. The lowest BCUT2D eigenvalue weighted by Crippen LogP contribution is -2.35. The van der Waals surface area contributed by atoms with Crippen LogP contribution in [0, 0.1) is 12.7 Å². The van der Waals surface area contributed by atoms with Crippen LogP contribution in [0.5, 0.6) is 0 Å². The molecule has 2 aliphatic rings. The number of halogens is 1. The summed E-state index contributed by atoms with van der Waals surface area (Å²) in [5.74, 6) is -0.0593. The highest BCUT2D eigenvalue weighted by Crippen LogP contribution is 2.39. The van der Waals surface area contributed by atoms with Gasteiger partial charge in [0.25, 0.3) is 5.91 Å². The van der Waals surface area contributed by atoms with Crippen molar-refractivity contribution < 1.29 is 9.18 Å². The molecule has 0 spiro atoms. The van der Waals surface area contributed by atoms with E-state index in [-0.39, 0.29) is 5.91 Å². The fraction of sp³-hybridized carbons (Fsp3) is 0.458. The molecule has 1 N–H and O–H groups in total. The van der Waals surface area contributed by atoms with Gasteiger partial charge in [-0.3, -0.25) is 9.69 Å². The molecular weight excluding hydrogens is 351 g/mol. The third-order valence-electron chi connectivity index (χ3n) is 6.56. The number of carbonyl (C=O) groups excluding carboxylic acids is 1. The highest BCUT2D eigenvalue weighted by molar-refractivity contribution is 6.05. The Morgan fingerprint density at radius 1 is 1.11 bits per heavy atom. The van der Waals surface area contributed by atoms with Gasteiger partial charge in [-0.2, -0.15) is 0 Å². The van der Waals surface area contributed by atoms with Gasteiger partial charge in [-0.1, -0.05) is 18.2 Å². The molecule has 2 aromatic rings. The van der Waals surface area contributed by atoms with Crippen molar-refractivity contribution in [3.8, 4) is 0 Å². The van der Waals surface area contributed by atoms with Gasteiger partial charge in [0.15, 0.2) is 0 Å². The van der Waals surface area contributed by atoms with Gasteiger partial charge in [-0.15, -0.1) is 0 Å². The minimum atomic E-state index is -0.394. The maximum absolute atomic E-state index is 13.5. The van der Waals surface area contributed by atoms with Crippen LogP contribution in [-0.4, -0.2) is 29.4 Å². The molecule has 1 saturated carbocycles. The van der Waals surface area contributed by atoms with Crippen molar-refractivity contribution in [3.63, 3.8) is 0 Å². The van der Waals surface area contributed by atoms with E-state index in [1.54, 1.807) is 6.07 Å².